The molecule has 0 aliphatic heterocycles. The van der Waals surface area contributed by atoms with E-state index in [1.165, 1.54) is 12.3 Å². The van der Waals surface area contributed by atoms with E-state index in [2.05, 4.69) is 10.3 Å². The first-order valence-corrected chi connectivity index (χ1v) is 7.66. The highest BCUT2D eigenvalue weighted by molar-refractivity contribution is 7.09. The molecule has 128 valence electrons. The first-order valence-electron chi connectivity index (χ1n) is 6.78. The smallest absolute Gasteiger partial charge is 0.424 e. The van der Waals surface area contributed by atoms with E-state index in [4.69, 9.17) is 5.11 Å². The van der Waals surface area contributed by atoms with Gasteiger partial charge in [0, 0.05) is 11.1 Å². The number of carboxylic acids is 1. The summed E-state index contributed by atoms with van der Waals surface area (Å²) in [7, 11) is 0. The fraction of sp³-hybridized carbons (Fsp3) is 0.615. The van der Waals surface area contributed by atoms with Gasteiger partial charge in [0.15, 0.2) is 0 Å². The maximum absolute atomic E-state index is 13.2. The van der Waals surface area contributed by atoms with Gasteiger partial charge in [-0.1, -0.05) is 0 Å². The quantitative estimate of drug-likeness (QED) is 0.722. The number of aromatic nitrogens is 1. The minimum absolute atomic E-state index is 0.280. The van der Waals surface area contributed by atoms with Crippen molar-refractivity contribution in [2.45, 2.75) is 44.0 Å². The second kappa shape index (κ2) is 6.08. The lowest BCUT2D eigenvalue weighted by atomic mass is 9.98. The fourth-order valence-electron chi connectivity index (χ4n) is 2.11. The monoisotopic (exact) mass is 352 g/mol. The SMILES string of the molecule is Cc1csc(C(O)(CC(=O)NC(C(=O)O)C2CC2)C(F)(F)F)n1. The number of carbonyl (C=O) groups excluding carboxylic acids is 1. The van der Waals surface area contributed by atoms with Crippen molar-refractivity contribution < 1.29 is 33.0 Å². The van der Waals surface area contributed by atoms with Crippen LogP contribution in [-0.2, 0) is 15.2 Å². The Morgan fingerprint density at radius 2 is 2.09 bits per heavy atom. The molecule has 2 unspecified atom stereocenters. The maximum atomic E-state index is 13.2. The fourth-order valence-corrected chi connectivity index (χ4v) is 3.02. The molecule has 0 saturated heterocycles. The van der Waals surface area contributed by atoms with E-state index < -0.39 is 41.1 Å². The van der Waals surface area contributed by atoms with Crippen molar-refractivity contribution in [1.82, 2.24) is 10.3 Å². The van der Waals surface area contributed by atoms with Crippen LogP contribution >= 0.6 is 11.3 Å². The third kappa shape index (κ3) is 3.81. The van der Waals surface area contributed by atoms with Gasteiger partial charge in [-0.2, -0.15) is 13.2 Å². The van der Waals surface area contributed by atoms with Gasteiger partial charge >= 0.3 is 12.1 Å². The van der Waals surface area contributed by atoms with Crippen LogP contribution in [0.5, 0.6) is 0 Å². The number of aliphatic hydroxyl groups is 1. The molecule has 0 aromatic carbocycles. The Balaban J connectivity index is 2.18. The van der Waals surface area contributed by atoms with E-state index in [1.54, 1.807) is 0 Å². The van der Waals surface area contributed by atoms with Crippen LogP contribution in [0.3, 0.4) is 0 Å². The van der Waals surface area contributed by atoms with Crippen molar-refractivity contribution in [1.29, 1.82) is 0 Å². The number of nitrogens with one attached hydrogen (secondary N) is 1. The number of carbonyl (C=O) groups is 2. The molecule has 0 spiro atoms. The summed E-state index contributed by atoms with van der Waals surface area (Å²) in [5.41, 5.74) is -3.16. The van der Waals surface area contributed by atoms with E-state index in [-0.39, 0.29) is 11.6 Å². The minimum atomic E-state index is -5.12. The second-order valence-corrected chi connectivity index (χ2v) is 6.41. The van der Waals surface area contributed by atoms with Gasteiger partial charge < -0.3 is 15.5 Å². The molecule has 1 heterocycles. The van der Waals surface area contributed by atoms with Gasteiger partial charge in [0.05, 0.1) is 6.42 Å². The highest BCUT2D eigenvalue weighted by atomic mass is 32.1. The van der Waals surface area contributed by atoms with E-state index in [1.807, 2.05) is 0 Å². The van der Waals surface area contributed by atoms with Crippen LogP contribution in [0.25, 0.3) is 0 Å². The summed E-state index contributed by atoms with van der Waals surface area (Å²) in [5, 5.41) is 21.8. The molecule has 0 bridgehead atoms. The first-order chi connectivity index (χ1) is 10.5. The molecule has 1 aromatic heterocycles. The van der Waals surface area contributed by atoms with Crippen LogP contribution in [-0.4, -0.2) is 39.3 Å². The second-order valence-electron chi connectivity index (χ2n) is 5.55. The zero-order chi connectivity index (χ0) is 17.4. The lowest BCUT2D eigenvalue weighted by molar-refractivity contribution is -0.267. The van der Waals surface area contributed by atoms with Gasteiger partial charge in [-0.25, -0.2) is 9.78 Å². The van der Waals surface area contributed by atoms with Crippen LogP contribution in [0.4, 0.5) is 13.2 Å². The molecular weight excluding hydrogens is 337 g/mol. The van der Waals surface area contributed by atoms with Crippen molar-refractivity contribution in [2.75, 3.05) is 0 Å². The van der Waals surface area contributed by atoms with E-state index in [0.29, 0.717) is 24.2 Å². The van der Waals surface area contributed by atoms with Crippen molar-refractivity contribution in [3.8, 4) is 0 Å². The van der Waals surface area contributed by atoms with Gasteiger partial charge in [0.25, 0.3) is 0 Å². The minimum Gasteiger partial charge on any atom is -0.480 e. The topological polar surface area (TPSA) is 99.5 Å². The normalized spacial score (nSPS) is 19.0. The van der Waals surface area contributed by atoms with Gasteiger partial charge in [0.2, 0.25) is 11.5 Å². The molecule has 0 radical (unpaired) electrons. The van der Waals surface area contributed by atoms with Gasteiger partial charge in [-0.15, -0.1) is 11.3 Å². The maximum Gasteiger partial charge on any atom is 0.424 e. The van der Waals surface area contributed by atoms with Gasteiger partial charge in [-0.3, -0.25) is 4.79 Å². The number of nitrogens with zero attached hydrogens (tertiary/aromatic N) is 1. The number of rotatable bonds is 6. The summed E-state index contributed by atoms with van der Waals surface area (Å²) in [4.78, 5) is 26.5. The Labute approximate surface area is 133 Å². The first kappa shape index (κ1) is 17.7. The number of alkyl halides is 3. The van der Waals surface area contributed by atoms with Gasteiger partial charge in [0.1, 0.15) is 11.0 Å². The molecular formula is C13H15F3N2O4S. The molecule has 1 saturated carbocycles. The van der Waals surface area contributed by atoms with E-state index >= 15 is 0 Å². The molecule has 2 atom stereocenters. The van der Waals surface area contributed by atoms with Crippen molar-refractivity contribution in [3.05, 3.63) is 16.1 Å². The molecule has 10 heteroatoms. The standard InChI is InChI=1S/C13H15F3N2O4S/c1-6-5-23-11(17-6)12(22,13(14,15)16)4-8(19)18-9(10(20)21)7-2-3-7/h5,7,9,22H,2-4H2,1H3,(H,18,19)(H,20,21). The Morgan fingerprint density at radius 3 is 2.48 bits per heavy atom. The largest absolute Gasteiger partial charge is 0.480 e. The Kier molecular flexibility index (Phi) is 4.67. The summed E-state index contributed by atoms with van der Waals surface area (Å²) in [6.07, 6.45) is -5.27. The summed E-state index contributed by atoms with van der Waals surface area (Å²) in [6.45, 7) is 1.46. The molecule has 1 fully saturated rings. The number of aryl methyl sites for hydroxylation is 1. The number of amides is 1. The predicted octanol–water partition coefficient (Wildman–Crippen LogP) is 1.57. The number of hydrogen-bond donors (Lipinski definition) is 3. The molecule has 23 heavy (non-hydrogen) atoms. The lowest BCUT2D eigenvalue weighted by Crippen LogP contribution is -2.49. The average Bonchev–Trinajstić information content (AvgIpc) is 3.15. The third-order valence-corrected chi connectivity index (χ3v) is 4.65. The van der Waals surface area contributed by atoms with Crippen molar-refractivity contribution in [3.63, 3.8) is 0 Å². The zero-order valence-electron chi connectivity index (χ0n) is 12.1. The van der Waals surface area contributed by atoms with Crippen LogP contribution in [0.15, 0.2) is 5.38 Å². The summed E-state index contributed by atoms with van der Waals surface area (Å²) < 4.78 is 39.7. The van der Waals surface area contributed by atoms with Crippen LogP contribution < -0.4 is 5.32 Å². The number of halogens is 3. The molecule has 3 N–H and O–H groups in total. The number of carboxylic acid groups (broad SMARTS) is 1. The molecule has 2 rings (SSSR count). The summed E-state index contributed by atoms with van der Waals surface area (Å²) >= 11 is 0.592. The Morgan fingerprint density at radius 1 is 1.48 bits per heavy atom. The lowest BCUT2D eigenvalue weighted by Gasteiger charge is -2.28. The molecule has 1 amide bonds. The zero-order valence-corrected chi connectivity index (χ0v) is 12.9. The van der Waals surface area contributed by atoms with Crippen LogP contribution in [0.2, 0.25) is 0 Å². The Bertz CT molecular complexity index is 615. The van der Waals surface area contributed by atoms with Crippen LogP contribution in [0.1, 0.15) is 30.0 Å². The van der Waals surface area contributed by atoms with E-state index in [9.17, 15) is 27.9 Å². The number of hydrogen-bond acceptors (Lipinski definition) is 5. The van der Waals surface area contributed by atoms with Gasteiger partial charge in [-0.05, 0) is 25.7 Å². The van der Waals surface area contributed by atoms with Crippen molar-refractivity contribution in [2.24, 2.45) is 5.92 Å². The van der Waals surface area contributed by atoms with Crippen molar-refractivity contribution >= 4 is 23.2 Å². The highest BCUT2D eigenvalue weighted by Gasteiger charge is 2.58. The molecule has 1 aromatic rings. The molecule has 6 nitrogen and oxygen atoms in total. The molecule has 1 aliphatic rings. The van der Waals surface area contributed by atoms with E-state index in [0.717, 1.165) is 0 Å². The number of thiazole rings is 1. The highest BCUT2D eigenvalue weighted by Crippen LogP contribution is 2.43. The Hall–Kier alpha value is -1.68. The summed E-state index contributed by atoms with van der Waals surface area (Å²) in [6, 6.07) is -1.24. The number of aliphatic carboxylic acids is 1. The molecule has 1 aliphatic carbocycles. The third-order valence-electron chi connectivity index (χ3n) is 3.53. The average molecular weight is 352 g/mol. The predicted molar refractivity (Wildman–Crippen MR) is 73.7 cm³/mol. The summed E-state index contributed by atoms with van der Waals surface area (Å²) in [5.74, 6) is -2.77. The van der Waals surface area contributed by atoms with Crippen LogP contribution in [0, 0.1) is 12.8 Å².